The van der Waals surface area contributed by atoms with Gasteiger partial charge in [-0.3, -0.25) is 0 Å². The highest BCUT2D eigenvalue weighted by atomic mass is 80.0. The van der Waals surface area contributed by atoms with E-state index in [-0.39, 0.29) is 14.0 Å². The summed E-state index contributed by atoms with van der Waals surface area (Å²) in [6, 6.07) is 0. The van der Waals surface area contributed by atoms with Crippen LogP contribution in [0.25, 0.3) is 0 Å². The minimum absolute atomic E-state index is 0.150. The molecule has 0 aliphatic rings. The van der Waals surface area contributed by atoms with E-state index in [4.69, 9.17) is 11.5 Å². The number of anilines is 2. The third kappa shape index (κ3) is 4.52. The van der Waals surface area contributed by atoms with Gasteiger partial charge in [0.05, 0.1) is 0 Å². The van der Waals surface area contributed by atoms with E-state index in [1.165, 1.54) is 0 Å². The summed E-state index contributed by atoms with van der Waals surface area (Å²) in [5.41, 5.74) is 10.8. The second kappa shape index (κ2) is 4.71. The van der Waals surface area contributed by atoms with Gasteiger partial charge >= 0.3 is 0 Å². The molecule has 0 spiro atoms. The van der Waals surface area contributed by atoms with Crippen LogP contribution in [0.1, 0.15) is 12.2 Å². The summed E-state index contributed by atoms with van der Waals surface area (Å²) in [5.74, 6) is 0.881. The van der Waals surface area contributed by atoms with Gasteiger partial charge < -0.3 is 11.5 Å². The second-order valence-electron chi connectivity index (χ2n) is 2.58. The van der Waals surface area contributed by atoms with Crippen LogP contribution < -0.4 is 11.5 Å². The summed E-state index contributed by atoms with van der Waals surface area (Å²) in [4.78, 5) is 11.6. The smallest absolute Gasteiger partial charge is 0.225 e. The Morgan fingerprint density at radius 1 is 1.00 bits per heavy atom. The zero-order valence-corrected chi connectivity index (χ0v) is 11.8. The largest absolute Gasteiger partial charge is 0.368 e. The van der Waals surface area contributed by atoms with Gasteiger partial charge in [-0.1, -0.05) is 47.8 Å². The van der Waals surface area contributed by atoms with Gasteiger partial charge in [0.15, 0.2) is 0 Å². The van der Waals surface area contributed by atoms with Gasteiger partial charge in [-0.2, -0.15) is 15.0 Å². The molecule has 0 radical (unpaired) electrons. The van der Waals surface area contributed by atoms with E-state index in [2.05, 4.69) is 62.7 Å². The molecule has 1 aromatic heterocycles. The fourth-order valence-electron chi connectivity index (χ4n) is 0.822. The van der Waals surface area contributed by atoms with E-state index < -0.39 is 0 Å². The minimum Gasteiger partial charge on any atom is -0.368 e. The zero-order chi connectivity index (χ0) is 10.8. The van der Waals surface area contributed by atoms with Gasteiger partial charge in [-0.15, -0.1) is 0 Å². The molecule has 0 aromatic carbocycles. The molecule has 5 nitrogen and oxygen atoms in total. The van der Waals surface area contributed by atoms with E-state index in [1.807, 2.05) is 0 Å². The Morgan fingerprint density at radius 2 is 1.50 bits per heavy atom. The van der Waals surface area contributed by atoms with Crippen LogP contribution in [0.3, 0.4) is 0 Å². The molecule has 0 amide bonds. The second-order valence-corrected chi connectivity index (χ2v) is 9.84. The van der Waals surface area contributed by atoms with E-state index in [1.54, 1.807) is 0 Å². The van der Waals surface area contributed by atoms with Crippen molar-refractivity contribution in [2.45, 2.75) is 15.0 Å². The molecule has 0 fully saturated rings. The predicted molar refractivity (Wildman–Crippen MR) is 66.5 cm³/mol. The van der Waals surface area contributed by atoms with E-state index >= 15 is 0 Å². The molecule has 1 rings (SSSR count). The first-order valence-electron chi connectivity index (χ1n) is 3.69. The van der Waals surface area contributed by atoms with Crippen LogP contribution in [-0.4, -0.2) is 17.1 Å². The highest BCUT2D eigenvalue weighted by molar-refractivity contribution is 9.39. The molecule has 0 saturated heterocycles. The molecule has 1 aromatic rings. The zero-order valence-electron chi connectivity index (χ0n) is 7.04. The molecule has 1 heterocycles. The van der Waals surface area contributed by atoms with Crippen LogP contribution >= 0.6 is 47.8 Å². The minimum atomic E-state index is -0.302. The van der Waals surface area contributed by atoms with Gasteiger partial charge in [0.1, 0.15) is 7.97 Å². The number of nitrogen functional groups attached to an aromatic ring is 2. The quantitative estimate of drug-likeness (QED) is 0.753. The lowest BCUT2D eigenvalue weighted by Crippen LogP contribution is -2.09. The van der Waals surface area contributed by atoms with Crippen molar-refractivity contribution in [1.82, 2.24) is 15.0 Å². The number of rotatable bonds is 2. The summed E-state index contributed by atoms with van der Waals surface area (Å²) in [7, 11) is 0. The Labute approximate surface area is 106 Å². The van der Waals surface area contributed by atoms with Gasteiger partial charge in [-0.05, 0) is 6.42 Å². The number of aryl methyl sites for hydroxylation is 1. The van der Waals surface area contributed by atoms with E-state index in [0.717, 1.165) is 6.42 Å². The number of halogens is 3. The van der Waals surface area contributed by atoms with Crippen LogP contribution in [0.4, 0.5) is 11.9 Å². The molecule has 0 atom stereocenters. The Kier molecular flexibility index (Phi) is 4.08. The summed E-state index contributed by atoms with van der Waals surface area (Å²) in [6.07, 6.45) is 1.38. The van der Waals surface area contributed by atoms with Crippen molar-refractivity contribution in [3.05, 3.63) is 5.82 Å². The molecular weight excluding hydrogens is 382 g/mol. The van der Waals surface area contributed by atoms with E-state index in [0.29, 0.717) is 12.2 Å². The van der Waals surface area contributed by atoms with Gasteiger partial charge in [0, 0.05) is 6.42 Å². The third-order valence-corrected chi connectivity index (χ3v) is 2.54. The number of alkyl halides is 3. The monoisotopic (exact) mass is 387 g/mol. The first kappa shape index (κ1) is 12.1. The lowest BCUT2D eigenvalue weighted by atomic mass is 10.3. The summed E-state index contributed by atoms with van der Waals surface area (Å²) in [6.45, 7) is 0. The number of aromatic nitrogens is 3. The Balaban J connectivity index is 2.68. The first-order chi connectivity index (χ1) is 6.37. The molecule has 4 N–H and O–H groups in total. The van der Waals surface area contributed by atoms with Crippen LogP contribution in [0.15, 0.2) is 0 Å². The molecule has 0 aliphatic carbocycles. The average molecular weight is 390 g/mol. The van der Waals surface area contributed by atoms with Crippen LogP contribution in [0, 0.1) is 0 Å². The van der Waals surface area contributed by atoms with Crippen molar-refractivity contribution in [2.75, 3.05) is 11.5 Å². The van der Waals surface area contributed by atoms with Crippen molar-refractivity contribution < 1.29 is 0 Å². The predicted octanol–water partition coefficient (Wildman–Crippen LogP) is 1.81. The molecule has 0 aliphatic heterocycles. The highest BCUT2D eigenvalue weighted by Crippen LogP contribution is 2.37. The number of hydrogen-bond donors (Lipinski definition) is 2. The Hall–Kier alpha value is 0.0500. The Morgan fingerprint density at radius 3 is 1.93 bits per heavy atom. The summed E-state index contributed by atoms with van der Waals surface area (Å²) in [5, 5.41) is 0. The fraction of sp³-hybridized carbons (Fsp3) is 0.500. The standard InChI is InChI=1S/C6H8Br3N5/c7-6(8,9)2-1-3-12-4(10)14-5(11)13-3/h1-2H2,(H4,10,11,12,13,14). The molecule has 0 unspecified atom stereocenters. The average Bonchev–Trinajstić information content (AvgIpc) is 1.97. The maximum atomic E-state index is 5.42. The molecule has 14 heavy (non-hydrogen) atoms. The third-order valence-electron chi connectivity index (χ3n) is 1.35. The maximum Gasteiger partial charge on any atom is 0.225 e. The van der Waals surface area contributed by atoms with E-state index in [9.17, 15) is 0 Å². The lowest BCUT2D eigenvalue weighted by Gasteiger charge is -2.10. The maximum absolute atomic E-state index is 5.42. The molecular formula is C6H8Br3N5. The lowest BCUT2D eigenvalue weighted by molar-refractivity contribution is 0.813. The van der Waals surface area contributed by atoms with Crippen molar-refractivity contribution in [1.29, 1.82) is 0 Å². The first-order valence-corrected chi connectivity index (χ1v) is 6.07. The Bertz CT molecular complexity index is 303. The molecule has 0 bridgehead atoms. The normalized spacial score (nSPS) is 11.6. The molecule has 0 saturated carbocycles. The van der Waals surface area contributed by atoms with Crippen molar-refractivity contribution in [2.24, 2.45) is 0 Å². The molecule has 78 valence electrons. The number of nitrogens with two attached hydrogens (primary N) is 2. The van der Waals surface area contributed by atoms with Crippen LogP contribution in [0.2, 0.25) is 0 Å². The summed E-state index contributed by atoms with van der Waals surface area (Å²) < 4.78 is -0.302. The van der Waals surface area contributed by atoms with Gasteiger partial charge in [0.2, 0.25) is 11.9 Å². The van der Waals surface area contributed by atoms with Crippen molar-refractivity contribution in [3.63, 3.8) is 0 Å². The van der Waals surface area contributed by atoms with Crippen molar-refractivity contribution >= 4 is 59.7 Å². The SMILES string of the molecule is Nc1nc(N)nc(CCC(Br)(Br)Br)n1. The number of nitrogens with zero attached hydrogens (tertiary/aromatic N) is 3. The molecule has 8 heteroatoms. The van der Waals surface area contributed by atoms with Gasteiger partial charge in [0.25, 0.3) is 0 Å². The number of hydrogen-bond acceptors (Lipinski definition) is 5. The topological polar surface area (TPSA) is 90.7 Å². The van der Waals surface area contributed by atoms with Crippen LogP contribution in [0.5, 0.6) is 0 Å². The van der Waals surface area contributed by atoms with Crippen molar-refractivity contribution in [3.8, 4) is 0 Å². The highest BCUT2D eigenvalue weighted by Gasteiger charge is 2.18. The van der Waals surface area contributed by atoms with Gasteiger partial charge in [-0.25, -0.2) is 0 Å². The summed E-state index contributed by atoms with van der Waals surface area (Å²) >= 11 is 10.1. The van der Waals surface area contributed by atoms with Crippen LogP contribution in [-0.2, 0) is 6.42 Å². The fourth-order valence-corrected chi connectivity index (χ4v) is 1.42.